The molecule has 7 nitrogen and oxygen atoms in total. The van der Waals surface area contributed by atoms with Crippen LogP contribution in [0.2, 0.25) is 0 Å². The number of ketones is 1. The van der Waals surface area contributed by atoms with Gasteiger partial charge in [-0.3, -0.25) is 4.79 Å². The van der Waals surface area contributed by atoms with Crippen LogP contribution in [0.25, 0.3) is 6.08 Å². The fourth-order valence-electron chi connectivity index (χ4n) is 2.68. The molecule has 0 aliphatic carbocycles. The number of carbonyl (C=O) groups is 1. The molecule has 138 valence electrons. The molecule has 0 N–H and O–H groups in total. The third kappa shape index (κ3) is 3.51. The molecule has 0 radical (unpaired) electrons. The summed E-state index contributed by atoms with van der Waals surface area (Å²) in [6, 6.07) is 10.1. The number of hydrogen-bond donors (Lipinski definition) is 0. The molecule has 7 heteroatoms. The molecule has 2 aromatic carbocycles. The Morgan fingerprint density at radius 3 is 2.41 bits per heavy atom. The van der Waals surface area contributed by atoms with Crippen LogP contribution in [0.4, 0.5) is 0 Å². The van der Waals surface area contributed by atoms with Gasteiger partial charge in [0.05, 0.1) is 26.9 Å². The van der Waals surface area contributed by atoms with E-state index in [2.05, 4.69) is 0 Å². The molecule has 0 aromatic heterocycles. The van der Waals surface area contributed by atoms with E-state index in [1.807, 2.05) is 6.07 Å². The van der Waals surface area contributed by atoms with Crippen molar-refractivity contribution in [2.45, 2.75) is 0 Å². The summed E-state index contributed by atoms with van der Waals surface area (Å²) in [4.78, 5) is 12.6. The van der Waals surface area contributed by atoms with Crippen LogP contribution in [0, 0.1) is 11.3 Å². The molecule has 0 spiro atoms. The maximum atomic E-state index is 12.6. The molecule has 0 unspecified atom stereocenters. The summed E-state index contributed by atoms with van der Waals surface area (Å²) in [7, 11) is 4.58. The van der Waals surface area contributed by atoms with Gasteiger partial charge in [0.25, 0.3) is 0 Å². The number of fused-ring (bicyclic) bond motifs is 1. The topological polar surface area (TPSA) is 87.0 Å². The molecule has 0 saturated heterocycles. The zero-order chi connectivity index (χ0) is 19.4. The SMILES string of the molecule is COc1cc(OC)c(OC)cc1C=C1Oc2cc(OCC#N)ccc2C1=O. The van der Waals surface area contributed by atoms with Crippen molar-refractivity contribution in [3.05, 3.63) is 47.2 Å². The number of ether oxygens (including phenoxy) is 5. The first-order valence-electron chi connectivity index (χ1n) is 7.99. The van der Waals surface area contributed by atoms with Gasteiger partial charge in [0, 0.05) is 17.7 Å². The number of methoxy groups -OCH3 is 3. The standard InChI is InChI=1S/C20H17NO6/c1-23-15-11-18(25-3)17(24-2)8-12(15)9-19-20(22)14-5-4-13(26-7-6-21)10-16(14)27-19/h4-5,8-11H,7H2,1-3H3. The van der Waals surface area contributed by atoms with Gasteiger partial charge in [0.1, 0.15) is 23.3 Å². The molecule has 0 saturated carbocycles. The summed E-state index contributed by atoms with van der Waals surface area (Å²) in [5, 5.41) is 8.60. The van der Waals surface area contributed by atoms with Gasteiger partial charge >= 0.3 is 0 Å². The second kappa shape index (κ2) is 7.70. The molecule has 0 amide bonds. The van der Waals surface area contributed by atoms with Gasteiger partial charge in [-0.2, -0.15) is 5.26 Å². The minimum atomic E-state index is -0.256. The van der Waals surface area contributed by atoms with Gasteiger partial charge in [-0.15, -0.1) is 0 Å². The second-order valence-corrected chi connectivity index (χ2v) is 5.49. The van der Waals surface area contributed by atoms with E-state index in [0.717, 1.165) is 0 Å². The smallest absolute Gasteiger partial charge is 0.231 e. The lowest BCUT2D eigenvalue weighted by molar-refractivity contribution is 0.101. The van der Waals surface area contributed by atoms with Crippen molar-refractivity contribution >= 4 is 11.9 Å². The Morgan fingerprint density at radius 1 is 1.04 bits per heavy atom. The highest BCUT2D eigenvalue weighted by molar-refractivity contribution is 6.14. The van der Waals surface area contributed by atoms with Crippen LogP contribution in [0.5, 0.6) is 28.7 Å². The number of allylic oxidation sites excluding steroid dienone is 1. The van der Waals surface area contributed by atoms with Crippen LogP contribution in [0.1, 0.15) is 15.9 Å². The highest BCUT2D eigenvalue weighted by Crippen LogP contribution is 2.38. The Labute approximate surface area is 156 Å². The van der Waals surface area contributed by atoms with Crippen LogP contribution in [0.3, 0.4) is 0 Å². The minimum Gasteiger partial charge on any atom is -0.496 e. The summed E-state index contributed by atoms with van der Waals surface area (Å²) < 4.78 is 26.9. The Morgan fingerprint density at radius 2 is 1.74 bits per heavy atom. The van der Waals surface area contributed by atoms with Gasteiger partial charge in [-0.25, -0.2) is 0 Å². The normalized spacial score (nSPS) is 13.6. The van der Waals surface area contributed by atoms with Crippen molar-refractivity contribution in [2.75, 3.05) is 27.9 Å². The molecule has 1 aliphatic heterocycles. The maximum absolute atomic E-state index is 12.6. The molecular weight excluding hydrogens is 350 g/mol. The van der Waals surface area contributed by atoms with Crippen LogP contribution in [0.15, 0.2) is 36.1 Å². The molecular formula is C20H17NO6. The number of nitrogens with zero attached hydrogens (tertiary/aromatic N) is 1. The zero-order valence-electron chi connectivity index (χ0n) is 15.1. The van der Waals surface area contributed by atoms with Crippen molar-refractivity contribution in [1.82, 2.24) is 0 Å². The molecule has 0 bridgehead atoms. The number of Topliss-reactive ketones (excluding diaryl/α,β-unsaturated/α-hetero) is 1. The molecule has 27 heavy (non-hydrogen) atoms. The first kappa shape index (κ1) is 18.1. The summed E-state index contributed by atoms with van der Waals surface area (Å²) in [5.74, 6) is 2.24. The Kier molecular flexibility index (Phi) is 5.18. The summed E-state index contributed by atoms with van der Waals surface area (Å²) in [5.41, 5.74) is 1.03. The first-order valence-corrected chi connectivity index (χ1v) is 7.99. The molecule has 2 aromatic rings. The van der Waals surface area contributed by atoms with Gasteiger partial charge in [0.15, 0.2) is 23.9 Å². The van der Waals surface area contributed by atoms with Gasteiger partial charge in [-0.05, 0) is 24.3 Å². The third-order valence-electron chi connectivity index (χ3n) is 3.97. The maximum Gasteiger partial charge on any atom is 0.231 e. The molecule has 3 rings (SSSR count). The van der Waals surface area contributed by atoms with E-state index in [1.54, 1.807) is 36.4 Å². The predicted molar refractivity (Wildman–Crippen MR) is 96.6 cm³/mol. The number of carbonyl (C=O) groups excluding carboxylic acids is 1. The number of rotatable bonds is 6. The second-order valence-electron chi connectivity index (χ2n) is 5.49. The summed E-state index contributed by atoms with van der Waals surface area (Å²) >= 11 is 0. The monoisotopic (exact) mass is 367 g/mol. The van der Waals surface area contributed by atoms with E-state index in [9.17, 15) is 4.79 Å². The lowest BCUT2D eigenvalue weighted by Crippen LogP contribution is -2.00. The van der Waals surface area contributed by atoms with Crippen molar-refractivity contribution in [3.8, 4) is 34.8 Å². The molecule has 1 heterocycles. The third-order valence-corrected chi connectivity index (χ3v) is 3.97. The largest absolute Gasteiger partial charge is 0.496 e. The van der Waals surface area contributed by atoms with E-state index in [0.29, 0.717) is 39.9 Å². The van der Waals surface area contributed by atoms with Crippen molar-refractivity contribution in [1.29, 1.82) is 5.26 Å². The van der Waals surface area contributed by atoms with Crippen molar-refractivity contribution in [3.63, 3.8) is 0 Å². The lowest BCUT2D eigenvalue weighted by atomic mass is 10.1. The number of benzene rings is 2. The highest BCUT2D eigenvalue weighted by atomic mass is 16.5. The molecule has 1 aliphatic rings. The van der Waals surface area contributed by atoms with Gasteiger partial charge in [0.2, 0.25) is 5.78 Å². The number of nitriles is 1. The minimum absolute atomic E-state index is 0.0850. The summed E-state index contributed by atoms with van der Waals surface area (Å²) in [6.07, 6.45) is 1.58. The Balaban J connectivity index is 1.96. The zero-order valence-corrected chi connectivity index (χ0v) is 15.1. The van der Waals surface area contributed by atoms with Gasteiger partial charge < -0.3 is 23.7 Å². The quantitative estimate of drug-likeness (QED) is 0.724. The fraction of sp³-hybridized carbons (Fsp3) is 0.200. The van der Waals surface area contributed by atoms with Crippen molar-refractivity contribution < 1.29 is 28.5 Å². The summed E-state index contributed by atoms with van der Waals surface area (Å²) in [6.45, 7) is -0.0850. The number of hydrogen-bond acceptors (Lipinski definition) is 7. The lowest BCUT2D eigenvalue weighted by Gasteiger charge is -2.12. The van der Waals surface area contributed by atoms with E-state index >= 15 is 0 Å². The Hall–Kier alpha value is -3.66. The van der Waals surface area contributed by atoms with E-state index in [1.165, 1.54) is 21.3 Å². The average Bonchev–Trinajstić information content (AvgIpc) is 3.00. The van der Waals surface area contributed by atoms with Crippen LogP contribution in [-0.2, 0) is 0 Å². The Bertz CT molecular complexity index is 958. The molecule has 0 atom stereocenters. The van der Waals surface area contributed by atoms with Crippen LogP contribution in [-0.4, -0.2) is 33.7 Å². The predicted octanol–water partition coefficient (Wildman–Crippen LogP) is 3.23. The van der Waals surface area contributed by atoms with Crippen LogP contribution < -0.4 is 23.7 Å². The van der Waals surface area contributed by atoms with Crippen molar-refractivity contribution in [2.24, 2.45) is 0 Å². The fourth-order valence-corrected chi connectivity index (χ4v) is 2.68. The molecule has 0 fully saturated rings. The van der Waals surface area contributed by atoms with Gasteiger partial charge in [-0.1, -0.05) is 0 Å². The average molecular weight is 367 g/mol. The van der Waals surface area contributed by atoms with E-state index in [4.69, 9.17) is 28.9 Å². The highest BCUT2D eigenvalue weighted by Gasteiger charge is 2.28. The first-order chi connectivity index (χ1) is 13.1. The van der Waals surface area contributed by atoms with E-state index in [-0.39, 0.29) is 18.1 Å². The van der Waals surface area contributed by atoms with E-state index < -0.39 is 0 Å². The van der Waals surface area contributed by atoms with Crippen LogP contribution >= 0.6 is 0 Å².